The number of rotatable bonds is 14. The van der Waals surface area contributed by atoms with Crippen molar-refractivity contribution in [3.63, 3.8) is 0 Å². The number of benzene rings is 3. The number of alkyl carbamates (subject to hydrolysis) is 1. The van der Waals surface area contributed by atoms with Crippen LogP contribution in [0.15, 0.2) is 95.9 Å². The van der Waals surface area contributed by atoms with Crippen LogP contribution in [0.1, 0.15) is 44.7 Å². The third-order valence-corrected chi connectivity index (χ3v) is 10.2. The highest BCUT2D eigenvalue weighted by molar-refractivity contribution is 8.00. The first-order chi connectivity index (χ1) is 23.7. The number of aliphatic hydroxyl groups excluding tert-OH is 1. The van der Waals surface area contributed by atoms with E-state index in [2.05, 4.69) is 10.6 Å². The van der Waals surface area contributed by atoms with Crippen LogP contribution in [0.25, 0.3) is 0 Å². The van der Waals surface area contributed by atoms with E-state index in [0.717, 1.165) is 4.90 Å². The summed E-state index contributed by atoms with van der Waals surface area (Å²) in [6.45, 7) is 5.59. The van der Waals surface area contributed by atoms with Crippen LogP contribution in [0.5, 0.6) is 0 Å². The fourth-order valence-corrected chi connectivity index (χ4v) is 7.78. The molecule has 0 aliphatic carbocycles. The van der Waals surface area contributed by atoms with Gasteiger partial charge in [0.25, 0.3) is 5.91 Å². The molecule has 1 aliphatic heterocycles. The van der Waals surface area contributed by atoms with E-state index in [9.17, 15) is 29.1 Å². The van der Waals surface area contributed by atoms with Gasteiger partial charge in [-0.05, 0) is 50.5 Å². The summed E-state index contributed by atoms with van der Waals surface area (Å²) in [5.41, 5.74) is 11.9. The summed E-state index contributed by atoms with van der Waals surface area (Å²) in [5, 5.41) is 16.9. The number of primary amides is 2. The molecule has 4 rings (SSSR count). The second kappa shape index (κ2) is 16.8. The molecule has 13 heteroatoms. The molecule has 3 aromatic rings. The molecule has 0 radical (unpaired) electrons. The number of carbonyl (C=O) groups is 5. The molecule has 1 unspecified atom stereocenters. The van der Waals surface area contributed by atoms with Gasteiger partial charge in [-0.1, -0.05) is 78.9 Å². The predicted octanol–water partition coefficient (Wildman–Crippen LogP) is 2.81. The van der Waals surface area contributed by atoms with Crippen LogP contribution in [-0.4, -0.2) is 80.9 Å². The number of thioether (sulfide) groups is 1. The smallest absolute Gasteiger partial charge is 0.408 e. The quantitative estimate of drug-likeness (QED) is 0.158. The molecule has 0 aromatic heterocycles. The first kappa shape index (κ1) is 38.1. The second-order valence-electron chi connectivity index (χ2n) is 13.4. The van der Waals surface area contributed by atoms with Gasteiger partial charge in [0, 0.05) is 11.3 Å². The molecule has 0 bridgehead atoms. The predicted molar refractivity (Wildman–Crippen MR) is 189 cm³/mol. The Kier molecular flexibility index (Phi) is 12.8. The Hall–Kier alpha value is -4.72. The van der Waals surface area contributed by atoms with E-state index in [4.69, 9.17) is 16.2 Å². The third kappa shape index (κ3) is 9.49. The highest BCUT2D eigenvalue weighted by Gasteiger charge is 2.63. The number of carbonyl (C=O) groups excluding carboxylic acids is 5. The van der Waals surface area contributed by atoms with E-state index in [0.29, 0.717) is 17.5 Å². The standard InChI is InChI=1S/C37H45N5O7S/c1-37(2,3)42(22-27(20-30(42)33(39)45)50-26-17-11-6-12-18-26)35(47)32(44)28(19-24-13-7-4-8-14-24)40-34(46)29(21-31(38)43)41-36(48)49-23-25-15-9-5-10-16-25/h4-18,27-30,32,44H,19-23H2,1-3H3,(H5-,38,39,40,41,43,45,46,48)/p+1/t27-,28-,29-,30-,32-,42?/m0/s1. The highest BCUT2D eigenvalue weighted by atomic mass is 32.2. The number of nitrogens with two attached hydrogens (primary N) is 2. The van der Waals surface area contributed by atoms with Crippen molar-refractivity contribution in [1.29, 1.82) is 0 Å². The van der Waals surface area contributed by atoms with Crippen molar-refractivity contribution in [2.75, 3.05) is 6.54 Å². The van der Waals surface area contributed by atoms with Crippen LogP contribution < -0.4 is 22.1 Å². The average Bonchev–Trinajstić information content (AvgIpc) is 3.48. The second-order valence-corrected chi connectivity index (χ2v) is 14.8. The van der Waals surface area contributed by atoms with Crippen LogP contribution in [0, 0.1) is 0 Å². The zero-order valence-corrected chi connectivity index (χ0v) is 29.3. The number of nitrogens with zero attached hydrogens (tertiary/aromatic N) is 1. The minimum atomic E-state index is -1.82. The minimum Gasteiger partial charge on any atom is -0.445 e. The minimum absolute atomic E-state index is 0.00874. The summed E-state index contributed by atoms with van der Waals surface area (Å²) >= 11 is 1.54. The van der Waals surface area contributed by atoms with E-state index >= 15 is 0 Å². The highest BCUT2D eigenvalue weighted by Crippen LogP contribution is 2.43. The first-order valence-electron chi connectivity index (χ1n) is 16.4. The molecule has 1 aliphatic rings. The lowest BCUT2D eigenvalue weighted by Gasteiger charge is -2.48. The van der Waals surface area contributed by atoms with E-state index in [1.807, 2.05) is 57.2 Å². The normalized spacial score (nSPS) is 20.6. The van der Waals surface area contributed by atoms with Gasteiger partial charge in [0.2, 0.25) is 11.8 Å². The Balaban J connectivity index is 1.62. The fourth-order valence-electron chi connectivity index (χ4n) is 6.50. The molecule has 12 nitrogen and oxygen atoms in total. The molecule has 50 heavy (non-hydrogen) atoms. The van der Waals surface area contributed by atoms with Crippen LogP contribution in [0.4, 0.5) is 4.79 Å². The SMILES string of the molecule is CC(C)(C)[N+]1(C(=O)[C@@H](O)[C@H](Cc2ccccc2)NC(=O)[C@H](CC(N)=O)NC(=O)OCc2ccccc2)C[C@@H](Sc2ccccc2)C[C@H]1C(N)=O. The number of hydrogen-bond donors (Lipinski definition) is 5. The monoisotopic (exact) mass is 704 g/mol. The zero-order chi connectivity index (χ0) is 36.5. The Morgan fingerprint density at radius 1 is 0.880 bits per heavy atom. The van der Waals surface area contributed by atoms with Crippen LogP contribution in [0.3, 0.4) is 0 Å². The third-order valence-electron chi connectivity index (χ3n) is 8.96. The number of ether oxygens (including phenoxy) is 1. The number of aliphatic hydroxyl groups is 1. The molecule has 0 saturated carbocycles. The fraction of sp³-hybridized carbons (Fsp3) is 0.378. The van der Waals surface area contributed by atoms with Gasteiger partial charge in [-0.2, -0.15) is 0 Å². The lowest BCUT2D eigenvalue weighted by atomic mass is 9.93. The number of nitrogens with one attached hydrogen (secondary N) is 2. The van der Waals surface area contributed by atoms with E-state index in [1.165, 1.54) is 11.8 Å². The van der Waals surface area contributed by atoms with Crippen LogP contribution >= 0.6 is 11.8 Å². The summed E-state index contributed by atoms with van der Waals surface area (Å²) in [6, 6.07) is 23.8. The van der Waals surface area contributed by atoms with Crippen molar-refractivity contribution in [2.45, 2.75) is 86.6 Å². The van der Waals surface area contributed by atoms with Gasteiger partial charge in [0.05, 0.1) is 29.8 Å². The van der Waals surface area contributed by atoms with E-state index in [-0.39, 0.29) is 24.8 Å². The number of amides is 5. The zero-order valence-electron chi connectivity index (χ0n) is 28.5. The van der Waals surface area contributed by atoms with Gasteiger partial charge in [-0.15, -0.1) is 11.8 Å². The molecule has 266 valence electrons. The molecule has 3 aromatic carbocycles. The Morgan fingerprint density at radius 2 is 1.44 bits per heavy atom. The van der Waals surface area contributed by atoms with Gasteiger partial charge in [0.15, 0.2) is 12.1 Å². The number of likely N-dealkylation sites (tertiary alicyclic amines) is 1. The topological polar surface area (TPSA) is 191 Å². The molecule has 1 heterocycles. The maximum Gasteiger partial charge on any atom is 0.408 e. The van der Waals surface area contributed by atoms with Crippen molar-refractivity contribution in [2.24, 2.45) is 11.5 Å². The molecule has 0 spiro atoms. The van der Waals surface area contributed by atoms with E-state index in [1.54, 1.807) is 54.6 Å². The van der Waals surface area contributed by atoms with Gasteiger partial charge in [-0.25, -0.2) is 14.1 Å². The summed E-state index contributed by atoms with van der Waals surface area (Å²) < 4.78 is 4.81. The summed E-state index contributed by atoms with van der Waals surface area (Å²) in [4.78, 5) is 67.2. The van der Waals surface area contributed by atoms with Gasteiger partial charge in [0.1, 0.15) is 12.6 Å². The maximum absolute atomic E-state index is 14.8. The Morgan fingerprint density at radius 3 is 1.98 bits per heavy atom. The Labute approximate surface area is 296 Å². The maximum atomic E-state index is 14.8. The molecular weight excluding hydrogens is 659 g/mol. The van der Waals surface area contributed by atoms with Gasteiger partial charge in [-0.3, -0.25) is 14.4 Å². The van der Waals surface area contributed by atoms with Crippen molar-refractivity contribution in [3.05, 3.63) is 102 Å². The molecule has 7 N–H and O–H groups in total. The van der Waals surface area contributed by atoms with Crippen molar-refractivity contribution < 1.29 is 38.3 Å². The van der Waals surface area contributed by atoms with Gasteiger partial charge >= 0.3 is 12.0 Å². The van der Waals surface area contributed by atoms with E-state index < -0.39 is 70.4 Å². The lowest BCUT2D eigenvalue weighted by Crippen LogP contribution is -2.73. The lowest BCUT2D eigenvalue weighted by molar-refractivity contribution is -0.904. The summed E-state index contributed by atoms with van der Waals surface area (Å²) in [5.74, 6) is -3.08. The molecular formula is C37H46N5O7S+. The largest absolute Gasteiger partial charge is 0.445 e. The first-order valence-corrected chi connectivity index (χ1v) is 17.3. The molecule has 5 amide bonds. The van der Waals surface area contributed by atoms with Crippen molar-refractivity contribution >= 4 is 41.5 Å². The molecule has 6 atom stereocenters. The van der Waals surface area contributed by atoms with Crippen LogP contribution in [-0.2, 0) is 36.9 Å². The summed E-state index contributed by atoms with van der Waals surface area (Å²) in [7, 11) is 0. The number of hydrogen-bond acceptors (Lipinski definition) is 8. The van der Waals surface area contributed by atoms with Crippen molar-refractivity contribution in [3.8, 4) is 0 Å². The summed E-state index contributed by atoms with van der Waals surface area (Å²) in [6.07, 6.45) is -3.05. The molecule has 1 fully saturated rings. The van der Waals surface area contributed by atoms with Crippen molar-refractivity contribution in [1.82, 2.24) is 10.6 Å². The van der Waals surface area contributed by atoms with Gasteiger partial charge < -0.3 is 31.9 Å². The number of quaternary nitrogens is 1. The average molecular weight is 705 g/mol. The molecule has 1 saturated heterocycles. The van der Waals surface area contributed by atoms with Crippen LogP contribution in [0.2, 0.25) is 0 Å². The Bertz CT molecular complexity index is 1640.